The fraction of sp³-hybridized carbons (Fsp3) is 0.857. The van der Waals surface area contributed by atoms with Crippen molar-refractivity contribution in [3.05, 3.63) is 0 Å². The van der Waals surface area contributed by atoms with E-state index in [1.54, 1.807) is 11.8 Å². The topological polar surface area (TPSA) is 49.9 Å². The molecule has 0 radical (unpaired) electrons. The standard InChI is InChI=1S/C14H26N2O3/c1-7-12-9-15(13(18)19-14(4,5)6)8-10(2)16(12)11(3)17/h10,12H,7-9H2,1-6H3/t10-,12+/m0/s1. The van der Waals surface area contributed by atoms with E-state index in [1.165, 1.54) is 0 Å². The molecule has 5 nitrogen and oxygen atoms in total. The van der Waals surface area contributed by atoms with E-state index in [0.717, 1.165) is 6.42 Å². The van der Waals surface area contributed by atoms with Crippen molar-refractivity contribution in [3.63, 3.8) is 0 Å². The van der Waals surface area contributed by atoms with E-state index in [-0.39, 0.29) is 24.1 Å². The number of nitrogens with zero attached hydrogens (tertiary/aromatic N) is 2. The Kier molecular flexibility index (Phi) is 4.82. The van der Waals surface area contributed by atoms with Crippen LogP contribution in [0.5, 0.6) is 0 Å². The Balaban J connectivity index is 2.76. The second-order valence-electron chi connectivity index (χ2n) is 6.22. The first-order valence-corrected chi connectivity index (χ1v) is 6.92. The number of hydrogen-bond donors (Lipinski definition) is 0. The van der Waals surface area contributed by atoms with E-state index in [9.17, 15) is 9.59 Å². The predicted molar refractivity (Wildman–Crippen MR) is 73.9 cm³/mol. The van der Waals surface area contributed by atoms with Crippen LogP contribution >= 0.6 is 0 Å². The first kappa shape index (κ1) is 15.8. The second-order valence-corrected chi connectivity index (χ2v) is 6.22. The van der Waals surface area contributed by atoms with Crippen LogP contribution in [0.4, 0.5) is 4.79 Å². The molecule has 0 spiro atoms. The molecule has 0 aliphatic carbocycles. The molecular formula is C14H26N2O3. The number of hydrogen-bond acceptors (Lipinski definition) is 3. The van der Waals surface area contributed by atoms with Gasteiger partial charge in [0.25, 0.3) is 0 Å². The maximum absolute atomic E-state index is 12.1. The van der Waals surface area contributed by atoms with Crippen molar-refractivity contribution in [2.75, 3.05) is 13.1 Å². The lowest BCUT2D eigenvalue weighted by molar-refractivity contribution is -0.137. The Morgan fingerprint density at radius 3 is 2.26 bits per heavy atom. The Labute approximate surface area is 115 Å². The normalized spacial score (nSPS) is 24.3. The molecule has 0 bridgehead atoms. The van der Waals surface area contributed by atoms with Crippen molar-refractivity contribution in [1.82, 2.24) is 9.80 Å². The zero-order valence-corrected chi connectivity index (χ0v) is 12.9. The lowest BCUT2D eigenvalue weighted by Crippen LogP contribution is -2.60. The summed E-state index contributed by atoms with van der Waals surface area (Å²) < 4.78 is 5.40. The van der Waals surface area contributed by atoms with E-state index in [4.69, 9.17) is 4.74 Å². The van der Waals surface area contributed by atoms with Gasteiger partial charge in [-0.2, -0.15) is 0 Å². The minimum Gasteiger partial charge on any atom is -0.444 e. The molecule has 2 amide bonds. The molecule has 1 aliphatic rings. The lowest BCUT2D eigenvalue weighted by atomic mass is 10.1. The summed E-state index contributed by atoms with van der Waals surface area (Å²) in [6.07, 6.45) is 0.546. The molecule has 0 aromatic heterocycles. The average Bonchev–Trinajstić information content (AvgIpc) is 2.24. The summed E-state index contributed by atoms with van der Waals surface area (Å²) >= 11 is 0. The number of carbonyl (C=O) groups excluding carboxylic acids is 2. The quantitative estimate of drug-likeness (QED) is 0.734. The van der Waals surface area contributed by atoms with Crippen LogP contribution in [-0.2, 0) is 9.53 Å². The smallest absolute Gasteiger partial charge is 0.410 e. The summed E-state index contributed by atoms with van der Waals surface area (Å²) in [6.45, 7) is 12.3. The third kappa shape index (κ3) is 4.11. The van der Waals surface area contributed by atoms with Gasteiger partial charge in [0, 0.05) is 32.1 Å². The van der Waals surface area contributed by atoms with Crippen LogP contribution in [0, 0.1) is 0 Å². The van der Waals surface area contributed by atoms with Crippen molar-refractivity contribution in [3.8, 4) is 0 Å². The summed E-state index contributed by atoms with van der Waals surface area (Å²) in [5, 5.41) is 0. The zero-order valence-electron chi connectivity index (χ0n) is 12.9. The van der Waals surface area contributed by atoms with E-state index in [2.05, 4.69) is 0 Å². The van der Waals surface area contributed by atoms with E-state index >= 15 is 0 Å². The number of carbonyl (C=O) groups is 2. The first-order chi connectivity index (χ1) is 8.65. The highest BCUT2D eigenvalue weighted by Gasteiger charge is 2.36. The summed E-state index contributed by atoms with van der Waals surface area (Å²) in [5.74, 6) is 0.0724. The van der Waals surface area contributed by atoms with Crippen molar-refractivity contribution in [2.45, 2.75) is 65.6 Å². The molecule has 1 saturated heterocycles. The fourth-order valence-corrected chi connectivity index (χ4v) is 2.55. The molecule has 1 rings (SSSR count). The Bertz CT molecular complexity index is 349. The van der Waals surface area contributed by atoms with Gasteiger partial charge in [-0.05, 0) is 34.1 Å². The number of rotatable bonds is 1. The van der Waals surface area contributed by atoms with Gasteiger partial charge < -0.3 is 14.5 Å². The highest BCUT2D eigenvalue weighted by Crippen LogP contribution is 2.20. The van der Waals surface area contributed by atoms with E-state index < -0.39 is 5.60 Å². The molecule has 1 fully saturated rings. The van der Waals surface area contributed by atoms with Gasteiger partial charge in [0.2, 0.25) is 5.91 Å². The fourth-order valence-electron chi connectivity index (χ4n) is 2.55. The van der Waals surface area contributed by atoms with Crippen LogP contribution in [0.2, 0.25) is 0 Å². The van der Waals surface area contributed by atoms with Crippen LogP contribution in [0.1, 0.15) is 48.0 Å². The van der Waals surface area contributed by atoms with Crippen molar-refractivity contribution in [2.24, 2.45) is 0 Å². The molecule has 0 aromatic carbocycles. The van der Waals surface area contributed by atoms with Crippen LogP contribution in [0.25, 0.3) is 0 Å². The van der Waals surface area contributed by atoms with Crippen LogP contribution in [0.3, 0.4) is 0 Å². The highest BCUT2D eigenvalue weighted by atomic mass is 16.6. The molecule has 0 N–H and O–H groups in total. The summed E-state index contributed by atoms with van der Waals surface area (Å²) in [5.41, 5.74) is -0.486. The monoisotopic (exact) mass is 270 g/mol. The van der Waals surface area contributed by atoms with Gasteiger partial charge >= 0.3 is 6.09 Å². The lowest BCUT2D eigenvalue weighted by Gasteiger charge is -2.45. The largest absolute Gasteiger partial charge is 0.444 e. The minimum absolute atomic E-state index is 0.0312. The van der Waals surface area contributed by atoms with Gasteiger partial charge in [-0.25, -0.2) is 4.79 Å². The Hall–Kier alpha value is -1.26. The molecular weight excluding hydrogens is 244 g/mol. The average molecular weight is 270 g/mol. The summed E-state index contributed by atoms with van der Waals surface area (Å²) in [6, 6.07) is 0.109. The molecule has 0 aromatic rings. The molecule has 0 unspecified atom stereocenters. The van der Waals surface area contributed by atoms with Gasteiger partial charge in [-0.1, -0.05) is 6.92 Å². The van der Waals surface area contributed by atoms with Gasteiger partial charge in [-0.15, -0.1) is 0 Å². The third-order valence-electron chi connectivity index (χ3n) is 3.27. The van der Waals surface area contributed by atoms with Gasteiger partial charge in [0.1, 0.15) is 5.60 Å². The number of piperazine rings is 1. The molecule has 2 atom stereocenters. The van der Waals surface area contributed by atoms with Crippen molar-refractivity contribution < 1.29 is 14.3 Å². The maximum Gasteiger partial charge on any atom is 0.410 e. The van der Waals surface area contributed by atoms with Crippen molar-refractivity contribution >= 4 is 12.0 Å². The maximum atomic E-state index is 12.1. The summed E-state index contributed by atoms with van der Waals surface area (Å²) in [7, 11) is 0. The minimum atomic E-state index is -0.486. The Morgan fingerprint density at radius 2 is 1.84 bits per heavy atom. The zero-order chi connectivity index (χ0) is 14.8. The second kappa shape index (κ2) is 5.80. The van der Waals surface area contributed by atoms with Crippen LogP contribution in [0.15, 0.2) is 0 Å². The SMILES string of the molecule is CC[C@@H]1CN(C(=O)OC(C)(C)C)C[C@H](C)N1C(C)=O. The molecule has 5 heteroatoms. The molecule has 1 heterocycles. The molecule has 110 valence electrons. The van der Waals surface area contributed by atoms with Gasteiger partial charge in [0.15, 0.2) is 0 Å². The third-order valence-corrected chi connectivity index (χ3v) is 3.27. The molecule has 19 heavy (non-hydrogen) atoms. The van der Waals surface area contributed by atoms with Gasteiger partial charge in [0.05, 0.1) is 0 Å². The Morgan fingerprint density at radius 1 is 1.26 bits per heavy atom. The summed E-state index contributed by atoms with van der Waals surface area (Å²) in [4.78, 5) is 27.4. The molecule has 1 aliphatic heterocycles. The van der Waals surface area contributed by atoms with E-state index in [1.807, 2.05) is 39.5 Å². The molecule has 0 saturated carbocycles. The number of ether oxygens (including phenoxy) is 1. The van der Waals surface area contributed by atoms with Crippen molar-refractivity contribution in [1.29, 1.82) is 0 Å². The van der Waals surface area contributed by atoms with Crippen LogP contribution < -0.4 is 0 Å². The number of amides is 2. The van der Waals surface area contributed by atoms with Gasteiger partial charge in [-0.3, -0.25) is 4.79 Å². The van der Waals surface area contributed by atoms with Crippen LogP contribution in [-0.4, -0.2) is 52.6 Å². The van der Waals surface area contributed by atoms with E-state index in [0.29, 0.717) is 13.1 Å². The first-order valence-electron chi connectivity index (χ1n) is 6.92. The predicted octanol–water partition coefficient (Wildman–Crippen LogP) is 2.25. The highest BCUT2D eigenvalue weighted by molar-refractivity contribution is 5.75.